The molecule has 34 heavy (non-hydrogen) atoms. The molecule has 3 aliphatic rings. The summed E-state index contributed by atoms with van der Waals surface area (Å²) < 4.78 is 1.98. The predicted molar refractivity (Wildman–Crippen MR) is 134 cm³/mol. The standard InChI is InChI=1S/C26H38N6O2/c1-4-27-25(33)18-11-13-26(14-12-18)15-21(31-34-26)20-16-28-24-22(17(3)30-32(24)5-2)23(20)29-19-9-7-6-8-10-19/h16,18-19H,4-15H2,1-3H3,(H,27,33)(H,28,29). The van der Waals surface area contributed by atoms with Gasteiger partial charge in [0.15, 0.2) is 5.65 Å². The molecule has 0 atom stereocenters. The van der Waals surface area contributed by atoms with E-state index < -0.39 is 0 Å². The van der Waals surface area contributed by atoms with E-state index in [0.29, 0.717) is 12.6 Å². The van der Waals surface area contributed by atoms with Crippen LogP contribution in [-0.4, -0.2) is 44.6 Å². The highest BCUT2D eigenvalue weighted by Crippen LogP contribution is 2.43. The molecule has 0 bridgehead atoms. The normalized spacial score (nSPS) is 25.4. The zero-order valence-corrected chi connectivity index (χ0v) is 20.8. The molecule has 0 saturated heterocycles. The molecule has 2 fully saturated rings. The van der Waals surface area contributed by atoms with Crippen molar-refractivity contribution in [3.8, 4) is 0 Å². The lowest BCUT2D eigenvalue weighted by molar-refractivity contribution is -0.128. The van der Waals surface area contributed by atoms with Crippen LogP contribution in [0.2, 0.25) is 0 Å². The highest BCUT2D eigenvalue weighted by molar-refractivity contribution is 6.11. The number of pyridine rings is 1. The highest BCUT2D eigenvalue weighted by atomic mass is 16.7. The van der Waals surface area contributed by atoms with Gasteiger partial charge in [-0.2, -0.15) is 5.10 Å². The zero-order chi connectivity index (χ0) is 23.7. The number of anilines is 1. The van der Waals surface area contributed by atoms with Crippen molar-refractivity contribution in [3.63, 3.8) is 0 Å². The van der Waals surface area contributed by atoms with Gasteiger partial charge in [-0.05, 0) is 59.3 Å². The van der Waals surface area contributed by atoms with Crippen molar-refractivity contribution in [2.45, 2.75) is 103 Å². The second kappa shape index (κ2) is 9.55. The van der Waals surface area contributed by atoms with E-state index in [4.69, 9.17) is 14.9 Å². The summed E-state index contributed by atoms with van der Waals surface area (Å²) in [7, 11) is 0. The smallest absolute Gasteiger partial charge is 0.223 e. The van der Waals surface area contributed by atoms with Crippen molar-refractivity contribution in [3.05, 3.63) is 17.5 Å². The molecule has 2 N–H and O–H groups in total. The molecule has 8 heteroatoms. The number of oxime groups is 1. The number of amides is 1. The van der Waals surface area contributed by atoms with Crippen LogP contribution in [0.25, 0.3) is 11.0 Å². The summed E-state index contributed by atoms with van der Waals surface area (Å²) in [6.07, 6.45) is 12.4. The SMILES string of the molecule is CCNC(=O)C1CCC2(CC1)CC(c1cnc3c(c(C)nn3CC)c1NC1CCCCC1)=NO2. The monoisotopic (exact) mass is 466 g/mol. The van der Waals surface area contributed by atoms with E-state index >= 15 is 0 Å². The number of nitrogens with one attached hydrogen (secondary N) is 2. The Balaban J connectivity index is 1.42. The van der Waals surface area contributed by atoms with Crippen molar-refractivity contribution in [2.24, 2.45) is 11.1 Å². The molecule has 184 valence electrons. The van der Waals surface area contributed by atoms with Crippen LogP contribution in [0.4, 0.5) is 5.69 Å². The van der Waals surface area contributed by atoms with Gasteiger partial charge in [0.2, 0.25) is 5.91 Å². The summed E-state index contributed by atoms with van der Waals surface area (Å²) in [4.78, 5) is 23.3. The first-order valence-electron chi connectivity index (χ1n) is 13.2. The number of carbonyl (C=O) groups is 1. The van der Waals surface area contributed by atoms with Crippen molar-refractivity contribution in [2.75, 3.05) is 11.9 Å². The topological polar surface area (TPSA) is 93.4 Å². The average molecular weight is 467 g/mol. The zero-order valence-electron chi connectivity index (χ0n) is 20.8. The van der Waals surface area contributed by atoms with E-state index in [9.17, 15) is 4.79 Å². The molecule has 8 nitrogen and oxygen atoms in total. The second-order valence-corrected chi connectivity index (χ2v) is 10.3. The van der Waals surface area contributed by atoms with Crippen LogP contribution in [-0.2, 0) is 16.2 Å². The Kier molecular flexibility index (Phi) is 6.49. The summed E-state index contributed by atoms with van der Waals surface area (Å²) in [6.45, 7) is 7.62. The molecule has 3 heterocycles. The Morgan fingerprint density at radius 3 is 2.65 bits per heavy atom. The summed E-state index contributed by atoms with van der Waals surface area (Å²) in [5.74, 6) is 0.260. The third kappa shape index (κ3) is 4.27. The minimum absolute atomic E-state index is 0.0855. The maximum Gasteiger partial charge on any atom is 0.223 e. The third-order valence-electron chi connectivity index (χ3n) is 7.96. The Bertz CT molecular complexity index is 1080. The maximum atomic E-state index is 12.3. The van der Waals surface area contributed by atoms with E-state index in [1.165, 1.54) is 32.1 Å². The van der Waals surface area contributed by atoms with Crippen LogP contribution >= 0.6 is 0 Å². The van der Waals surface area contributed by atoms with Crippen LogP contribution in [0.5, 0.6) is 0 Å². The minimum Gasteiger partial charge on any atom is -0.389 e. The largest absolute Gasteiger partial charge is 0.389 e. The van der Waals surface area contributed by atoms with Crippen LogP contribution in [0.1, 0.15) is 89.3 Å². The van der Waals surface area contributed by atoms with Gasteiger partial charge < -0.3 is 15.5 Å². The molecular formula is C26H38N6O2. The molecule has 2 saturated carbocycles. The Labute approximate surface area is 201 Å². The van der Waals surface area contributed by atoms with Crippen molar-refractivity contribution in [1.82, 2.24) is 20.1 Å². The highest BCUT2D eigenvalue weighted by Gasteiger charge is 2.44. The summed E-state index contributed by atoms with van der Waals surface area (Å²) >= 11 is 0. The molecule has 2 aromatic heterocycles. The fraction of sp³-hybridized carbons (Fsp3) is 0.692. The number of carbonyl (C=O) groups excluding carboxylic acids is 1. The fourth-order valence-corrected chi connectivity index (χ4v) is 6.02. The molecule has 1 amide bonds. The van der Waals surface area contributed by atoms with Gasteiger partial charge in [0.1, 0.15) is 5.60 Å². The number of hydrogen-bond acceptors (Lipinski definition) is 6. The van der Waals surface area contributed by atoms with Crippen molar-refractivity contribution in [1.29, 1.82) is 0 Å². The van der Waals surface area contributed by atoms with Gasteiger partial charge in [-0.25, -0.2) is 9.67 Å². The average Bonchev–Trinajstić information content (AvgIpc) is 3.41. The molecule has 2 aliphatic carbocycles. The van der Waals surface area contributed by atoms with Crippen LogP contribution in [0.15, 0.2) is 11.4 Å². The fourth-order valence-electron chi connectivity index (χ4n) is 6.02. The Morgan fingerprint density at radius 2 is 1.94 bits per heavy atom. The van der Waals surface area contributed by atoms with Crippen LogP contribution in [0.3, 0.4) is 0 Å². The van der Waals surface area contributed by atoms with E-state index in [1.807, 2.05) is 17.8 Å². The lowest BCUT2D eigenvalue weighted by Gasteiger charge is -2.34. The number of aromatic nitrogens is 3. The Morgan fingerprint density at radius 1 is 1.18 bits per heavy atom. The van der Waals surface area contributed by atoms with Crippen molar-refractivity contribution < 1.29 is 9.63 Å². The lowest BCUT2D eigenvalue weighted by atomic mass is 9.75. The quantitative estimate of drug-likeness (QED) is 0.644. The number of aryl methyl sites for hydroxylation is 2. The maximum absolute atomic E-state index is 12.3. The molecule has 5 rings (SSSR count). The van der Waals surface area contributed by atoms with Gasteiger partial charge in [-0.1, -0.05) is 24.4 Å². The molecule has 1 spiro atoms. The molecule has 0 radical (unpaired) electrons. The summed E-state index contributed by atoms with van der Waals surface area (Å²) in [6, 6.07) is 0.465. The van der Waals surface area contributed by atoms with Gasteiger partial charge in [0.05, 0.1) is 22.5 Å². The van der Waals surface area contributed by atoms with E-state index in [0.717, 1.165) is 72.3 Å². The van der Waals surface area contributed by atoms with Gasteiger partial charge in [0.25, 0.3) is 0 Å². The third-order valence-corrected chi connectivity index (χ3v) is 7.96. The Hall–Kier alpha value is -2.64. The first-order chi connectivity index (χ1) is 16.5. The number of fused-ring (bicyclic) bond motifs is 1. The van der Waals surface area contributed by atoms with Gasteiger partial charge in [-0.3, -0.25) is 4.79 Å². The van der Waals surface area contributed by atoms with Gasteiger partial charge >= 0.3 is 0 Å². The van der Waals surface area contributed by atoms with Crippen LogP contribution in [0, 0.1) is 12.8 Å². The van der Waals surface area contributed by atoms with Gasteiger partial charge in [-0.15, -0.1) is 0 Å². The molecule has 0 aromatic carbocycles. The number of hydrogen-bond donors (Lipinski definition) is 2. The molecule has 0 unspecified atom stereocenters. The molecule has 2 aromatic rings. The second-order valence-electron chi connectivity index (χ2n) is 10.3. The van der Waals surface area contributed by atoms with Crippen LogP contribution < -0.4 is 10.6 Å². The predicted octanol–water partition coefficient (Wildman–Crippen LogP) is 4.69. The van der Waals surface area contributed by atoms with E-state index in [1.54, 1.807) is 0 Å². The van der Waals surface area contributed by atoms with Crippen molar-refractivity contribution >= 4 is 28.3 Å². The molecule has 1 aliphatic heterocycles. The number of rotatable bonds is 6. The lowest BCUT2D eigenvalue weighted by Crippen LogP contribution is -2.40. The first-order valence-corrected chi connectivity index (χ1v) is 13.2. The van der Waals surface area contributed by atoms with Gasteiger partial charge in [0, 0.05) is 43.2 Å². The summed E-state index contributed by atoms with van der Waals surface area (Å²) in [5.41, 5.74) is 4.76. The first kappa shape index (κ1) is 23.1. The number of nitrogens with zero attached hydrogens (tertiary/aromatic N) is 4. The minimum atomic E-state index is -0.294. The van der Waals surface area contributed by atoms with E-state index in [2.05, 4.69) is 29.6 Å². The van der Waals surface area contributed by atoms with E-state index in [-0.39, 0.29) is 17.4 Å². The molecular weight excluding hydrogens is 428 g/mol. The summed E-state index contributed by atoms with van der Waals surface area (Å²) in [5, 5.41) is 17.3.